The minimum atomic E-state index is -3.58. The zero-order valence-electron chi connectivity index (χ0n) is 9.55. The molecule has 1 aliphatic rings. The van der Waals surface area contributed by atoms with Crippen molar-refractivity contribution in [2.45, 2.75) is 0 Å². The average molecular weight is 287 g/mol. The molecular formula is C7H17N3O5S2. The van der Waals surface area contributed by atoms with Gasteiger partial charge in [-0.05, 0) is 0 Å². The summed E-state index contributed by atoms with van der Waals surface area (Å²) in [7, 11) is -5.75. The van der Waals surface area contributed by atoms with Gasteiger partial charge in [0.05, 0.1) is 19.0 Å². The van der Waals surface area contributed by atoms with E-state index in [4.69, 9.17) is 4.74 Å². The van der Waals surface area contributed by atoms with E-state index in [9.17, 15) is 16.8 Å². The van der Waals surface area contributed by atoms with Crippen LogP contribution in [0.2, 0.25) is 0 Å². The molecule has 1 fully saturated rings. The van der Waals surface area contributed by atoms with E-state index in [1.165, 1.54) is 11.4 Å². The molecule has 17 heavy (non-hydrogen) atoms. The molecule has 0 unspecified atom stereocenters. The van der Waals surface area contributed by atoms with Gasteiger partial charge in [0.15, 0.2) is 0 Å². The van der Waals surface area contributed by atoms with Gasteiger partial charge in [-0.3, -0.25) is 0 Å². The molecule has 1 heterocycles. The van der Waals surface area contributed by atoms with Crippen molar-refractivity contribution in [1.82, 2.24) is 13.7 Å². The summed E-state index contributed by atoms with van der Waals surface area (Å²) in [6, 6.07) is 0. The zero-order chi connectivity index (χ0) is 12.9. The van der Waals surface area contributed by atoms with Crippen LogP contribution in [0.15, 0.2) is 0 Å². The fourth-order valence-corrected chi connectivity index (χ4v) is 3.30. The maximum atomic E-state index is 11.8. The number of hydrogen-bond acceptors (Lipinski definition) is 5. The van der Waals surface area contributed by atoms with E-state index in [1.807, 2.05) is 4.72 Å². The zero-order valence-corrected chi connectivity index (χ0v) is 11.2. The van der Waals surface area contributed by atoms with Crippen molar-refractivity contribution < 1.29 is 21.6 Å². The lowest BCUT2D eigenvalue weighted by molar-refractivity contribution is 0.0730. The Kier molecular flexibility index (Phi) is 5.28. The highest BCUT2D eigenvalue weighted by molar-refractivity contribution is 7.89. The van der Waals surface area contributed by atoms with E-state index < -0.39 is 20.2 Å². The summed E-state index contributed by atoms with van der Waals surface area (Å²) in [6.45, 7) is 1.24. The predicted molar refractivity (Wildman–Crippen MR) is 62.2 cm³/mol. The number of hydrogen-bond donors (Lipinski definition) is 2. The van der Waals surface area contributed by atoms with Gasteiger partial charge in [0.25, 0.3) is 10.2 Å². The Balaban J connectivity index is 2.44. The Morgan fingerprint density at radius 1 is 1.18 bits per heavy atom. The Bertz CT molecular complexity index is 426. The van der Waals surface area contributed by atoms with Crippen molar-refractivity contribution in [2.75, 3.05) is 45.6 Å². The summed E-state index contributed by atoms with van der Waals surface area (Å²) in [5.74, 6) is -0.256. The Morgan fingerprint density at radius 3 is 2.29 bits per heavy atom. The molecule has 1 rings (SSSR count). The summed E-state index contributed by atoms with van der Waals surface area (Å²) in [6.07, 6.45) is 0. The third-order valence-corrected chi connectivity index (χ3v) is 5.28. The van der Waals surface area contributed by atoms with E-state index in [0.717, 1.165) is 0 Å². The standard InChI is InChI=1S/C7H17N3O5S2/c1-8-17(13,14)9-2-7-16(11,12)10-3-5-15-6-4-10/h8-9H,2-7H2,1H3. The van der Waals surface area contributed by atoms with Gasteiger partial charge in [0.1, 0.15) is 0 Å². The molecule has 8 nitrogen and oxygen atoms in total. The second-order valence-electron chi connectivity index (χ2n) is 3.43. The molecule has 0 aliphatic carbocycles. The summed E-state index contributed by atoms with van der Waals surface area (Å²) in [5, 5.41) is 0. The number of sulfonamides is 1. The number of morpholine rings is 1. The maximum Gasteiger partial charge on any atom is 0.276 e. The number of nitrogens with one attached hydrogen (secondary N) is 2. The molecule has 0 amide bonds. The van der Waals surface area contributed by atoms with E-state index in [1.54, 1.807) is 0 Å². The fourth-order valence-electron chi connectivity index (χ4n) is 1.33. The molecule has 10 heteroatoms. The maximum absolute atomic E-state index is 11.8. The topological polar surface area (TPSA) is 105 Å². The van der Waals surface area contributed by atoms with Crippen LogP contribution in [0.5, 0.6) is 0 Å². The van der Waals surface area contributed by atoms with Crippen molar-refractivity contribution in [1.29, 1.82) is 0 Å². The summed E-state index contributed by atoms with van der Waals surface area (Å²) in [4.78, 5) is 0. The van der Waals surface area contributed by atoms with Crippen molar-refractivity contribution in [3.05, 3.63) is 0 Å². The van der Waals surface area contributed by atoms with Crippen LogP contribution in [0, 0.1) is 0 Å². The van der Waals surface area contributed by atoms with E-state index in [2.05, 4.69) is 4.72 Å². The van der Waals surface area contributed by atoms with Crippen LogP contribution in [-0.4, -0.2) is 66.8 Å². The Hall–Kier alpha value is -0.260. The van der Waals surface area contributed by atoms with Gasteiger partial charge in [-0.25, -0.2) is 17.9 Å². The van der Waals surface area contributed by atoms with Crippen LogP contribution in [0.25, 0.3) is 0 Å². The van der Waals surface area contributed by atoms with Gasteiger partial charge in [0.2, 0.25) is 10.0 Å². The molecule has 0 bridgehead atoms. The molecule has 1 aliphatic heterocycles. The lowest BCUT2D eigenvalue weighted by atomic mass is 10.5. The highest BCUT2D eigenvalue weighted by Crippen LogP contribution is 2.04. The van der Waals surface area contributed by atoms with E-state index in [0.29, 0.717) is 26.3 Å². The monoisotopic (exact) mass is 287 g/mol. The van der Waals surface area contributed by atoms with Crippen LogP contribution < -0.4 is 9.44 Å². The fraction of sp³-hybridized carbons (Fsp3) is 1.00. The Labute approximate surface area is 102 Å². The Morgan fingerprint density at radius 2 is 1.76 bits per heavy atom. The number of nitrogens with zero attached hydrogens (tertiary/aromatic N) is 1. The third kappa shape index (κ3) is 4.85. The lowest BCUT2D eigenvalue weighted by Crippen LogP contribution is -2.44. The molecule has 0 aromatic rings. The summed E-state index contributed by atoms with van der Waals surface area (Å²) >= 11 is 0. The first kappa shape index (κ1) is 14.8. The quantitative estimate of drug-likeness (QED) is 0.572. The first-order chi connectivity index (χ1) is 7.87. The van der Waals surface area contributed by atoms with Gasteiger partial charge in [-0.1, -0.05) is 0 Å². The largest absolute Gasteiger partial charge is 0.379 e. The second kappa shape index (κ2) is 6.07. The smallest absolute Gasteiger partial charge is 0.276 e. The molecule has 2 N–H and O–H groups in total. The summed E-state index contributed by atoms with van der Waals surface area (Å²) in [5.41, 5.74) is 0. The molecule has 0 aromatic carbocycles. The minimum Gasteiger partial charge on any atom is -0.379 e. The molecule has 0 atom stereocenters. The lowest BCUT2D eigenvalue weighted by Gasteiger charge is -2.25. The van der Waals surface area contributed by atoms with E-state index in [-0.39, 0.29) is 12.3 Å². The van der Waals surface area contributed by atoms with Gasteiger partial charge < -0.3 is 4.74 Å². The normalized spacial score (nSPS) is 19.4. The highest BCUT2D eigenvalue weighted by atomic mass is 32.2. The van der Waals surface area contributed by atoms with Crippen molar-refractivity contribution >= 4 is 20.2 Å². The van der Waals surface area contributed by atoms with Crippen LogP contribution in [0.3, 0.4) is 0 Å². The van der Waals surface area contributed by atoms with Crippen LogP contribution >= 0.6 is 0 Å². The van der Waals surface area contributed by atoms with Crippen LogP contribution in [-0.2, 0) is 25.0 Å². The van der Waals surface area contributed by atoms with Crippen LogP contribution in [0.4, 0.5) is 0 Å². The first-order valence-corrected chi connectivity index (χ1v) is 8.20. The SMILES string of the molecule is CNS(=O)(=O)NCCS(=O)(=O)N1CCOCC1. The predicted octanol–water partition coefficient (Wildman–Crippen LogP) is -2.30. The molecule has 1 saturated heterocycles. The second-order valence-corrected chi connectivity index (χ2v) is 7.22. The van der Waals surface area contributed by atoms with Crippen molar-refractivity contribution in [3.8, 4) is 0 Å². The summed E-state index contributed by atoms with van der Waals surface area (Å²) < 4.78 is 56.1. The molecule has 102 valence electrons. The third-order valence-electron chi connectivity index (χ3n) is 2.28. The highest BCUT2D eigenvalue weighted by Gasteiger charge is 2.24. The molecular weight excluding hydrogens is 270 g/mol. The molecule has 0 saturated carbocycles. The average Bonchev–Trinajstić information content (AvgIpc) is 2.30. The molecule has 0 spiro atoms. The van der Waals surface area contributed by atoms with Crippen LogP contribution in [0.1, 0.15) is 0 Å². The van der Waals surface area contributed by atoms with E-state index >= 15 is 0 Å². The molecule has 0 aromatic heterocycles. The molecule has 0 radical (unpaired) electrons. The minimum absolute atomic E-state index is 0.150. The number of rotatable bonds is 6. The first-order valence-electron chi connectivity index (χ1n) is 5.11. The van der Waals surface area contributed by atoms with Crippen molar-refractivity contribution in [2.24, 2.45) is 0 Å². The van der Waals surface area contributed by atoms with Crippen molar-refractivity contribution in [3.63, 3.8) is 0 Å². The van der Waals surface area contributed by atoms with Gasteiger partial charge in [-0.2, -0.15) is 12.7 Å². The van der Waals surface area contributed by atoms with Gasteiger partial charge in [0, 0.05) is 26.7 Å². The van der Waals surface area contributed by atoms with Gasteiger partial charge in [-0.15, -0.1) is 0 Å². The number of ether oxygens (including phenoxy) is 1. The van der Waals surface area contributed by atoms with Gasteiger partial charge >= 0.3 is 0 Å².